The summed E-state index contributed by atoms with van der Waals surface area (Å²) in [6.07, 6.45) is 3.24. The van der Waals surface area contributed by atoms with Crippen LogP contribution < -0.4 is 9.50 Å². The van der Waals surface area contributed by atoms with Crippen LogP contribution in [0.1, 0.15) is 25.3 Å². The summed E-state index contributed by atoms with van der Waals surface area (Å²) in [5, 5.41) is 11.1. The standard InChI is InChI=1S/C19H19N3O4S2/c1-2-6-17-18(23)21-19(27-17)22-20-13-14-9-11-15(12-10-14)26-28(24,25)16-7-4-3-5-8-16/h3-5,7-13,17H,2,6H2,1H3,(H,21,22,23)/b20-13+. The van der Waals surface area contributed by atoms with Gasteiger partial charge in [-0.3, -0.25) is 4.79 Å². The molecule has 3 rings (SSSR count). The van der Waals surface area contributed by atoms with E-state index in [-0.39, 0.29) is 21.8 Å². The van der Waals surface area contributed by atoms with Crippen molar-refractivity contribution in [2.24, 2.45) is 10.2 Å². The van der Waals surface area contributed by atoms with Gasteiger partial charge in [-0.05, 0) is 48.4 Å². The van der Waals surface area contributed by atoms with Gasteiger partial charge in [0.2, 0.25) is 5.91 Å². The lowest BCUT2D eigenvalue weighted by molar-refractivity contribution is -0.118. The summed E-state index contributed by atoms with van der Waals surface area (Å²) in [4.78, 5) is 11.8. The number of benzene rings is 2. The summed E-state index contributed by atoms with van der Waals surface area (Å²) in [7, 11) is -3.87. The van der Waals surface area contributed by atoms with E-state index in [0.29, 0.717) is 10.7 Å². The van der Waals surface area contributed by atoms with Gasteiger partial charge in [0.1, 0.15) is 10.6 Å². The summed E-state index contributed by atoms with van der Waals surface area (Å²) >= 11 is 1.37. The van der Waals surface area contributed by atoms with E-state index in [0.717, 1.165) is 12.8 Å². The van der Waals surface area contributed by atoms with Crippen molar-refractivity contribution in [3.05, 3.63) is 60.2 Å². The third-order valence-electron chi connectivity index (χ3n) is 3.80. The zero-order valence-electron chi connectivity index (χ0n) is 15.1. The molecule has 2 aromatic rings. The van der Waals surface area contributed by atoms with Crippen LogP contribution in [0, 0.1) is 0 Å². The Morgan fingerprint density at radius 3 is 2.54 bits per heavy atom. The van der Waals surface area contributed by atoms with Gasteiger partial charge >= 0.3 is 10.1 Å². The largest absolute Gasteiger partial charge is 0.379 e. The van der Waals surface area contributed by atoms with Gasteiger partial charge in [0.05, 0.1) is 11.5 Å². The molecule has 1 aliphatic heterocycles. The number of carbonyl (C=O) groups is 1. The van der Waals surface area contributed by atoms with Gasteiger partial charge in [0.15, 0.2) is 5.17 Å². The van der Waals surface area contributed by atoms with Crippen molar-refractivity contribution in [2.45, 2.75) is 29.9 Å². The van der Waals surface area contributed by atoms with Crippen LogP contribution in [0.15, 0.2) is 69.7 Å². The molecule has 0 aliphatic carbocycles. The first-order valence-electron chi connectivity index (χ1n) is 8.66. The molecule has 0 aromatic heterocycles. The molecule has 1 unspecified atom stereocenters. The van der Waals surface area contributed by atoms with Crippen molar-refractivity contribution in [1.82, 2.24) is 5.32 Å². The molecule has 0 radical (unpaired) electrons. The zero-order chi connectivity index (χ0) is 20.0. The predicted molar refractivity (Wildman–Crippen MR) is 110 cm³/mol. The van der Waals surface area contributed by atoms with Gasteiger partial charge in [0, 0.05) is 0 Å². The number of nitrogens with one attached hydrogen (secondary N) is 1. The maximum atomic E-state index is 12.2. The Morgan fingerprint density at radius 2 is 1.86 bits per heavy atom. The van der Waals surface area contributed by atoms with Crippen molar-refractivity contribution in [1.29, 1.82) is 0 Å². The molecule has 1 amide bonds. The van der Waals surface area contributed by atoms with Crippen LogP contribution >= 0.6 is 11.8 Å². The molecular weight excluding hydrogens is 398 g/mol. The second-order valence-corrected chi connectivity index (χ2v) is 8.69. The smallest absolute Gasteiger partial charge is 0.339 e. The predicted octanol–water partition coefficient (Wildman–Crippen LogP) is 3.18. The lowest BCUT2D eigenvalue weighted by atomic mass is 10.2. The lowest BCUT2D eigenvalue weighted by Gasteiger charge is -2.06. The third-order valence-corrected chi connectivity index (χ3v) is 6.20. The molecular formula is C19H19N3O4S2. The molecule has 9 heteroatoms. The Kier molecular flexibility index (Phi) is 6.48. The van der Waals surface area contributed by atoms with E-state index in [1.807, 2.05) is 6.92 Å². The van der Waals surface area contributed by atoms with E-state index in [1.54, 1.807) is 42.5 Å². The molecule has 1 N–H and O–H groups in total. The first kappa shape index (κ1) is 20.1. The Hall–Kier alpha value is -2.65. The number of rotatable bonds is 7. The Balaban J connectivity index is 1.61. The fourth-order valence-corrected chi connectivity index (χ4v) is 4.42. The monoisotopic (exact) mass is 417 g/mol. The second kappa shape index (κ2) is 9.03. The topological polar surface area (TPSA) is 97.2 Å². The molecule has 28 heavy (non-hydrogen) atoms. The van der Waals surface area contributed by atoms with Gasteiger partial charge in [-0.2, -0.15) is 13.5 Å². The zero-order valence-corrected chi connectivity index (χ0v) is 16.7. The molecule has 1 aliphatic rings. The Bertz CT molecular complexity index is 988. The van der Waals surface area contributed by atoms with E-state index in [9.17, 15) is 13.2 Å². The molecule has 0 saturated carbocycles. The number of carbonyl (C=O) groups excluding carboxylic acids is 1. The summed E-state index contributed by atoms with van der Waals surface area (Å²) in [6, 6.07) is 14.4. The minimum Gasteiger partial charge on any atom is -0.379 e. The molecule has 1 heterocycles. The van der Waals surface area contributed by atoms with Gasteiger partial charge in [-0.25, -0.2) is 0 Å². The molecule has 1 atom stereocenters. The quantitative estimate of drug-likeness (QED) is 0.424. The van der Waals surface area contributed by atoms with Crippen LogP contribution in [0.25, 0.3) is 0 Å². The minimum absolute atomic E-state index is 0.0399. The molecule has 0 spiro atoms. The number of amides is 1. The number of thioether (sulfide) groups is 1. The first-order chi connectivity index (χ1) is 13.5. The maximum absolute atomic E-state index is 12.2. The first-order valence-corrected chi connectivity index (χ1v) is 10.9. The average Bonchev–Trinajstić information content (AvgIpc) is 3.03. The van der Waals surface area contributed by atoms with Crippen LogP contribution in [-0.4, -0.2) is 31.0 Å². The minimum atomic E-state index is -3.87. The summed E-state index contributed by atoms with van der Waals surface area (Å²) in [5.74, 6) is 0.162. The van der Waals surface area contributed by atoms with Crippen molar-refractivity contribution >= 4 is 39.2 Å². The van der Waals surface area contributed by atoms with Gasteiger partial charge in [0.25, 0.3) is 0 Å². The normalized spacial score (nSPS) is 18.5. The number of nitrogens with zero attached hydrogens (tertiary/aromatic N) is 2. The number of amidine groups is 1. The van der Waals surface area contributed by atoms with E-state index in [1.165, 1.54) is 30.1 Å². The van der Waals surface area contributed by atoms with Crippen LogP contribution in [0.2, 0.25) is 0 Å². The van der Waals surface area contributed by atoms with Crippen LogP contribution in [0.4, 0.5) is 0 Å². The van der Waals surface area contributed by atoms with E-state index in [2.05, 4.69) is 15.5 Å². The van der Waals surface area contributed by atoms with Crippen molar-refractivity contribution < 1.29 is 17.4 Å². The van der Waals surface area contributed by atoms with Gasteiger partial charge in [-0.1, -0.05) is 43.3 Å². The van der Waals surface area contributed by atoms with Crippen LogP contribution in [0.5, 0.6) is 5.75 Å². The maximum Gasteiger partial charge on any atom is 0.339 e. The molecule has 1 saturated heterocycles. The molecule has 0 bridgehead atoms. The highest BCUT2D eigenvalue weighted by molar-refractivity contribution is 8.15. The summed E-state index contributed by atoms with van der Waals surface area (Å²) < 4.78 is 29.5. The van der Waals surface area contributed by atoms with Gasteiger partial charge < -0.3 is 9.50 Å². The van der Waals surface area contributed by atoms with Crippen LogP contribution in [-0.2, 0) is 14.9 Å². The fourth-order valence-electron chi connectivity index (χ4n) is 2.42. The molecule has 146 valence electrons. The highest BCUT2D eigenvalue weighted by Crippen LogP contribution is 2.23. The van der Waals surface area contributed by atoms with E-state index in [4.69, 9.17) is 4.18 Å². The average molecular weight is 418 g/mol. The van der Waals surface area contributed by atoms with E-state index >= 15 is 0 Å². The van der Waals surface area contributed by atoms with Crippen molar-refractivity contribution in [3.8, 4) is 5.75 Å². The van der Waals surface area contributed by atoms with Crippen molar-refractivity contribution in [2.75, 3.05) is 0 Å². The molecule has 2 aromatic carbocycles. The van der Waals surface area contributed by atoms with E-state index < -0.39 is 10.1 Å². The highest BCUT2D eigenvalue weighted by Gasteiger charge is 2.29. The number of hydrogen-bond donors (Lipinski definition) is 1. The molecule has 7 nitrogen and oxygen atoms in total. The SMILES string of the molecule is CCCC1S/C(=N/N=C/c2ccc(OS(=O)(=O)c3ccccc3)cc2)NC1=O. The fraction of sp³-hybridized carbons (Fsp3) is 0.211. The summed E-state index contributed by atoms with van der Waals surface area (Å²) in [5.41, 5.74) is 0.716. The Morgan fingerprint density at radius 1 is 1.14 bits per heavy atom. The molecule has 1 fully saturated rings. The lowest BCUT2D eigenvalue weighted by Crippen LogP contribution is -2.24. The van der Waals surface area contributed by atoms with Gasteiger partial charge in [-0.15, -0.1) is 5.10 Å². The van der Waals surface area contributed by atoms with Crippen molar-refractivity contribution in [3.63, 3.8) is 0 Å². The van der Waals surface area contributed by atoms with Crippen LogP contribution in [0.3, 0.4) is 0 Å². The second-order valence-electron chi connectivity index (χ2n) is 5.95. The summed E-state index contributed by atoms with van der Waals surface area (Å²) in [6.45, 7) is 2.03. The third kappa shape index (κ3) is 5.20. The Labute approximate surface area is 168 Å². The highest BCUT2D eigenvalue weighted by atomic mass is 32.2. The number of hydrogen-bond acceptors (Lipinski definition) is 7.